The average molecular weight is 218 g/mol. The number of hydrogen-bond donors (Lipinski definition) is 2. The van der Waals surface area contributed by atoms with Crippen molar-refractivity contribution < 1.29 is 9.53 Å². The molecule has 0 atom stereocenters. The zero-order chi connectivity index (χ0) is 12.1. The third kappa shape index (κ3) is 2.09. The van der Waals surface area contributed by atoms with Crippen LogP contribution in [0.15, 0.2) is 12.1 Å². The van der Waals surface area contributed by atoms with Crippen molar-refractivity contribution in [3.8, 4) is 18.1 Å². The van der Waals surface area contributed by atoms with Gasteiger partial charge < -0.3 is 15.8 Å². The standard InChI is InChI=1S/C12H14N2O2/c1-4-5-8-6-7-9(12(15)14-2)10(13)11(8)16-3/h1,6-7H,5,13H2,2-3H3,(H,14,15). The van der Waals surface area contributed by atoms with E-state index in [0.29, 0.717) is 23.4 Å². The van der Waals surface area contributed by atoms with E-state index >= 15 is 0 Å². The van der Waals surface area contributed by atoms with Gasteiger partial charge in [-0.05, 0) is 6.07 Å². The molecule has 3 N–H and O–H groups in total. The van der Waals surface area contributed by atoms with Crippen LogP contribution in [-0.4, -0.2) is 20.1 Å². The molecule has 84 valence electrons. The van der Waals surface area contributed by atoms with Crippen LogP contribution >= 0.6 is 0 Å². The molecule has 4 heteroatoms. The second-order valence-electron chi connectivity index (χ2n) is 3.18. The minimum atomic E-state index is -0.247. The topological polar surface area (TPSA) is 64.4 Å². The zero-order valence-electron chi connectivity index (χ0n) is 9.33. The van der Waals surface area contributed by atoms with Gasteiger partial charge >= 0.3 is 0 Å². The van der Waals surface area contributed by atoms with Crippen LogP contribution < -0.4 is 15.8 Å². The maximum Gasteiger partial charge on any atom is 0.253 e. The summed E-state index contributed by atoms with van der Waals surface area (Å²) >= 11 is 0. The van der Waals surface area contributed by atoms with E-state index in [1.165, 1.54) is 7.11 Å². The van der Waals surface area contributed by atoms with Crippen molar-refractivity contribution in [1.29, 1.82) is 0 Å². The number of anilines is 1. The maximum atomic E-state index is 11.5. The van der Waals surface area contributed by atoms with E-state index in [2.05, 4.69) is 11.2 Å². The lowest BCUT2D eigenvalue weighted by Crippen LogP contribution is -2.19. The van der Waals surface area contributed by atoms with Gasteiger partial charge in [0.15, 0.2) is 0 Å². The fraction of sp³-hybridized carbons (Fsp3) is 0.250. The Kier molecular flexibility index (Phi) is 3.78. The van der Waals surface area contributed by atoms with Gasteiger partial charge in [-0.15, -0.1) is 12.3 Å². The molecule has 1 aromatic rings. The molecule has 0 spiro atoms. The summed E-state index contributed by atoms with van der Waals surface area (Å²) in [7, 11) is 3.04. The number of methoxy groups -OCH3 is 1. The molecule has 0 saturated heterocycles. The monoisotopic (exact) mass is 218 g/mol. The Morgan fingerprint density at radius 2 is 2.31 bits per heavy atom. The van der Waals surface area contributed by atoms with Gasteiger partial charge in [-0.3, -0.25) is 4.79 Å². The molecule has 0 heterocycles. The number of nitrogens with one attached hydrogen (secondary N) is 1. The smallest absolute Gasteiger partial charge is 0.253 e. The van der Waals surface area contributed by atoms with Gasteiger partial charge in [0, 0.05) is 19.0 Å². The molecule has 0 bridgehead atoms. The quantitative estimate of drug-likeness (QED) is 0.583. The van der Waals surface area contributed by atoms with Crippen molar-refractivity contribution in [2.75, 3.05) is 19.9 Å². The third-order valence-corrected chi connectivity index (χ3v) is 2.25. The molecule has 0 unspecified atom stereocenters. The Morgan fingerprint density at radius 3 is 2.81 bits per heavy atom. The number of hydrogen-bond acceptors (Lipinski definition) is 3. The van der Waals surface area contributed by atoms with Crippen molar-refractivity contribution in [1.82, 2.24) is 5.32 Å². The largest absolute Gasteiger partial charge is 0.494 e. The van der Waals surface area contributed by atoms with E-state index in [1.807, 2.05) is 0 Å². The van der Waals surface area contributed by atoms with E-state index in [1.54, 1.807) is 19.2 Å². The fourth-order valence-electron chi connectivity index (χ4n) is 1.47. The summed E-state index contributed by atoms with van der Waals surface area (Å²) in [5, 5.41) is 2.51. The first kappa shape index (κ1) is 11.9. The summed E-state index contributed by atoms with van der Waals surface area (Å²) in [6, 6.07) is 3.39. The zero-order valence-corrected chi connectivity index (χ0v) is 9.33. The number of benzene rings is 1. The number of carbonyl (C=O) groups excluding carboxylic acids is 1. The van der Waals surface area contributed by atoms with Crippen molar-refractivity contribution in [3.63, 3.8) is 0 Å². The van der Waals surface area contributed by atoms with Gasteiger partial charge in [0.05, 0.1) is 18.4 Å². The number of amides is 1. The Labute approximate surface area is 94.8 Å². The molecule has 0 aliphatic carbocycles. The molecule has 0 aliphatic heterocycles. The minimum absolute atomic E-state index is 0.247. The molecule has 0 fully saturated rings. The molecule has 0 saturated carbocycles. The van der Waals surface area contributed by atoms with Crippen LogP contribution in [0.25, 0.3) is 0 Å². The van der Waals surface area contributed by atoms with Crippen molar-refractivity contribution in [2.24, 2.45) is 0 Å². The predicted molar refractivity (Wildman–Crippen MR) is 63.3 cm³/mol. The number of rotatable bonds is 3. The lowest BCUT2D eigenvalue weighted by Gasteiger charge is -2.12. The summed E-state index contributed by atoms with van der Waals surface area (Å²) in [6.45, 7) is 0. The first-order chi connectivity index (χ1) is 7.65. The highest BCUT2D eigenvalue weighted by atomic mass is 16.5. The number of terminal acetylenes is 1. The summed E-state index contributed by atoms with van der Waals surface area (Å²) in [6.07, 6.45) is 5.65. The van der Waals surface area contributed by atoms with Crippen molar-refractivity contribution in [2.45, 2.75) is 6.42 Å². The van der Waals surface area contributed by atoms with Gasteiger partial charge in [0.2, 0.25) is 0 Å². The number of carbonyl (C=O) groups is 1. The minimum Gasteiger partial charge on any atom is -0.494 e. The summed E-state index contributed by atoms with van der Waals surface area (Å²) in [5.74, 6) is 2.74. The molecule has 1 amide bonds. The summed E-state index contributed by atoms with van der Waals surface area (Å²) < 4.78 is 5.16. The van der Waals surface area contributed by atoms with E-state index in [4.69, 9.17) is 16.9 Å². The molecular formula is C12H14N2O2. The summed E-state index contributed by atoms with van der Waals surface area (Å²) in [5.41, 5.74) is 7.35. The summed E-state index contributed by atoms with van der Waals surface area (Å²) in [4.78, 5) is 11.5. The van der Waals surface area contributed by atoms with E-state index < -0.39 is 0 Å². The van der Waals surface area contributed by atoms with Crippen LogP contribution in [0.5, 0.6) is 5.75 Å². The van der Waals surface area contributed by atoms with Crippen molar-refractivity contribution >= 4 is 11.6 Å². The average Bonchev–Trinajstić information content (AvgIpc) is 2.29. The number of ether oxygens (including phenoxy) is 1. The van der Waals surface area contributed by atoms with E-state index in [-0.39, 0.29) is 5.91 Å². The van der Waals surface area contributed by atoms with Crippen LogP contribution in [0.2, 0.25) is 0 Å². The van der Waals surface area contributed by atoms with E-state index in [9.17, 15) is 4.79 Å². The highest BCUT2D eigenvalue weighted by Crippen LogP contribution is 2.30. The van der Waals surface area contributed by atoms with Gasteiger partial charge in [-0.25, -0.2) is 0 Å². The lowest BCUT2D eigenvalue weighted by molar-refractivity contribution is 0.0963. The van der Waals surface area contributed by atoms with Crippen LogP contribution in [0.3, 0.4) is 0 Å². The Hall–Kier alpha value is -2.15. The SMILES string of the molecule is C#CCc1ccc(C(=O)NC)c(N)c1OC. The normalized spacial score (nSPS) is 9.31. The molecule has 1 rings (SSSR count). The molecule has 16 heavy (non-hydrogen) atoms. The first-order valence-electron chi connectivity index (χ1n) is 4.76. The highest BCUT2D eigenvalue weighted by molar-refractivity contribution is 6.00. The van der Waals surface area contributed by atoms with Gasteiger partial charge in [-0.1, -0.05) is 6.07 Å². The molecule has 0 aromatic heterocycles. The van der Waals surface area contributed by atoms with Crippen LogP contribution in [0, 0.1) is 12.3 Å². The second kappa shape index (κ2) is 5.08. The first-order valence-corrected chi connectivity index (χ1v) is 4.76. The maximum absolute atomic E-state index is 11.5. The third-order valence-electron chi connectivity index (χ3n) is 2.25. The van der Waals surface area contributed by atoms with Gasteiger partial charge in [0.25, 0.3) is 5.91 Å². The van der Waals surface area contributed by atoms with Gasteiger partial charge in [-0.2, -0.15) is 0 Å². The molecule has 1 aromatic carbocycles. The number of nitrogen functional groups attached to an aromatic ring is 1. The van der Waals surface area contributed by atoms with Crippen molar-refractivity contribution in [3.05, 3.63) is 23.3 Å². The Bertz CT molecular complexity index is 447. The Morgan fingerprint density at radius 1 is 1.62 bits per heavy atom. The van der Waals surface area contributed by atoms with Crippen LogP contribution in [-0.2, 0) is 6.42 Å². The second-order valence-corrected chi connectivity index (χ2v) is 3.18. The fourth-order valence-corrected chi connectivity index (χ4v) is 1.47. The predicted octanol–water partition coefficient (Wildman–Crippen LogP) is 0.813. The molecule has 4 nitrogen and oxygen atoms in total. The van der Waals surface area contributed by atoms with Crippen LogP contribution in [0.4, 0.5) is 5.69 Å². The molecular weight excluding hydrogens is 204 g/mol. The Balaban J connectivity index is 3.29. The van der Waals surface area contributed by atoms with E-state index in [0.717, 1.165) is 5.56 Å². The molecule has 0 aliphatic rings. The number of nitrogens with two attached hydrogens (primary N) is 1. The highest BCUT2D eigenvalue weighted by Gasteiger charge is 2.15. The lowest BCUT2D eigenvalue weighted by atomic mass is 10.0. The van der Waals surface area contributed by atoms with Crippen LogP contribution in [0.1, 0.15) is 15.9 Å². The van der Waals surface area contributed by atoms with Gasteiger partial charge in [0.1, 0.15) is 5.75 Å². The molecule has 0 radical (unpaired) electrons.